The Morgan fingerprint density at radius 1 is 0.923 bits per heavy atom. The summed E-state index contributed by atoms with van der Waals surface area (Å²) in [6, 6.07) is 16.6. The van der Waals surface area contributed by atoms with Gasteiger partial charge in [-0.15, -0.1) is 0 Å². The third kappa shape index (κ3) is 2.05. The minimum absolute atomic E-state index is 0.746. The average molecular weight is 359 g/mol. The number of benzene rings is 2. The van der Waals surface area contributed by atoms with Crippen LogP contribution < -0.4 is 0 Å². The fourth-order valence-electron chi connectivity index (χ4n) is 4.33. The maximum absolute atomic E-state index is 6.08. The van der Waals surface area contributed by atoms with E-state index in [0.717, 1.165) is 40.4 Å². The zero-order chi connectivity index (χ0) is 18.0. The van der Waals surface area contributed by atoms with Gasteiger partial charge in [0, 0.05) is 40.8 Å². The second-order valence-corrected chi connectivity index (χ2v) is 7.46. The standard InChI is InChI=1S/C23H19ClN2/c1-14-15(2)23(16-8-10-17(24)11-9-16)26-13-22-19(12-21(14)26)18-6-4-5-7-20(18)25(22)3/h4-11H,1-2,12-13H2,3H3. The molecular weight excluding hydrogens is 340 g/mol. The van der Waals surface area contributed by atoms with Crippen molar-refractivity contribution in [2.45, 2.75) is 13.0 Å². The van der Waals surface area contributed by atoms with Gasteiger partial charge in [-0.3, -0.25) is 0 Å². The highest BCUT2D eigenvalue weighted by Gasteiger charge is 2.27. The summed E-state index contributed by atoms with van der Waals surface area (Å²) in [5.74, 6) is 0. The monoisotopic (exact) mass is 358 g/mol. The maximum Gasteiger partial charge on any atom is 0.0634 e. The van der Waals surface area contributed by atoms with Crippen molar-refractivity contribution < 1.29 is 0 Å². The first-order chi connectivity index (χ1) is 12.6. The molecule has 0 unspecified atom stereocenters. The van der Waals surface area contributed by atoms with E-state index >= 15 is 0 Å². The quantitative estimate of drug-likeness (QED) is 0.368. The summed E-state index contributed by atoms with van der Waals surface area (Å²) in [6.45, 7) is 9.51. The van der Waals surface area contributed by atoms with E-state index < -0.39 is 0 Å². The summed E-state index contributed by atoms with van der Waals surface area (Å²) in [4.78, 5) is 0. The molecule has 0 bridgehead atoms. The van der Waals surface area contributed by atoms with Crippen LogP contribution in [0.2, 0.25) is 5.02 Å². The van der Waals surface area contributed by atoms with Crippen LogP contribution in [0.3, 0.4) is 0 Å². The van der Waals surface area contributed by atoms with Crippen molar-refractivity contribution in [3.05, 3.63) is 95.5 Å². The van der Waals surface area contributed by atoms with Gasteiger partial charge in [0.15, 0.2) is 0 Å². The van der Waals surface area contributed by atoms with Crippen LogP contribution in [0, 0.1) is 13.8 Å². The average Bonchev–Trinajstić information content (AvgIpc) is 3.07. The van der Waals surface area contributed by atoms with Gasteiger partial charge < -0.3 is 9.13 Å². The van der Waals surface area contributed by atoms with Crippen LogP contribution in [0.4, 0.5) is 0 Å². The molecule has 4 aromatic rings. The van der Waals surface area contributed by atoms with E-state index in [4.69, 9.17) is 11.6 Å². The second-order valence-electron chi connectivity index (χ2n) is 7.02. The zero-order valence-corrected chi connectivity index (χ0v) is 15.5. The number of aromatic nitrogens is 2. The molecule has 0 saturated carbocycles. The summed E-state index contributed by atoms with van der Waals surface area (Å²) < 4.78 is 4.71. The first-order valence-electron chi connectivity index (χ1n) is 8.76. The molecule has 5 rings (SSSR count). The Hall–Kier alpha value is -2.45. The highest BCUT2D eigenvalue weighted by Crippen LogP contribution is 2.39. The molecule has 0 saturated heterocycles. The number of aryl methyl sites for hydroxylation is 1. The predicted molar refractivity (Wildman–Crippen MR) is 109 cm³/mol. The molecule has 0 atom stereocenters. The van der Waals surface area contributed by atoms with Gasteiger partial charge in [0.25, 0.3) is 0 Å². The van der Waals surface area contributed by atoms with E-state index in [0.29, 0.717) is 0 Å². The van der Waals surface area contributed by atoms with Crippen molar-refractivity contribution in [2.24, 2.45) is 7.05 Å². The summed E-state index contributed by atoms with van der Waals surface area (Å²) >= 11 is 6.08. The van der Waals surface area contributed by atoms with Crippen LogP contribution in [0.15, 0.2) is 48.5 Å². The Kier molecular flexibility index (Phi) is 3.35. The van der Waals surface area contributed by atoms with Crippen molar-refractivity contribution in [1.82, 2.24) is 9.13 Å². The van der Waals surface area contributed by atoms with E-state index in [2.05, 4.69) is 66.4 Å². The Morgan fingerprint density at radius 3 is 2.42 bits per heavy atom. The molecule has 2 aromatic carbocycles. The van der Waals surface area contributed by atoms with Crippen LogP contribution in [0.1, 0.15) is 28.1 Å². The summed E-state index contributed by atoms with van der Waals surface area (Å²) in [5.41, 5.74) is 9.69. The fourth-order valence-corrected chi connectivity index (χ4v) is 4.46. The van der Waals surface area contributed by atoms with Gasteiger partial charge in [0.05, 0.1) is 12.2 Å². The Morgan fingerprint density at radius 2 is 1.65 bits per heavy atom. The SMILES string of the molecule is [CH2]c1c([CH2])c(-c2ccc(Cl)cc2)n2c1Cc1c(n(C)c3ccccc13)C2. The highest BCUT2D eigenvalue weighted by molar-refractivity contribution is 6.30. The minimum Gasteiger partial charge on any atom is -0.346 e. The van der Waals surface area contributed by atoms with Gasteiger partial charge in [-0.2, -0.15) is 0 Å². The largest absolute Gasteiger partial charge is 0.346 e. The summed E-state index contributed by atoms with van der Waals surface area (Å²) in [7, 11) is 2.16. The molecule has 0 spiro atoms. The molecule has 2 radical (unpaired) electrons. The van der Waals surface area contributed by atoms with Crippen LogP contribution in [0.5, 0.6) is 0 Å². The van der Waals surface area contributed by atoms with Crippen molar-refractivity contribution in [2.75, 3.05) is 0 Å². The number of para-hydroxylation sites is 1. The van der Waals surface area contributed by atoms with Crippen LogP contribution in [-0.2, 0) is 20.0 Å². The molecule has 3 heteroatoms. The van der Waals surface area contributed by atoms with Crippen molar-refractivity contribution >= 4 is 22.5 Å². The molecule has 0 fully saturated rings. The first kappa shape index (κ1) is 15.8. The molecule has 0 N–H and O–H groups in total. The van der Waals surface area contributed by atoms with Crippen LogP contribution in [0.25, 0.3) is 22.2 Å². The highest BCUT2D eigenvalue weighted by atomic mass is 35.5. The lowest BCUT2D eigenvalue weighted by Crippen LogP contribution is -2.16. The van der Waals surface area contributed by atoms with Crippen LogP contribution >= 0.6 is 11.6 Å². The molecule has 26 heavy (non-hydrogen) atoms. The molecule has 0 amide bonds. The number of rotatable bonds is 1. The lowest BCUT2D eigenvalue weighted by Gasteiger charge is -2.21. The molecule has 128 valence electrons. The number of nitrogens with zero attached hydrogens (tertiary/aromatic N) is 2. The van der Waals surface area contributed by atoms with Crippen molar-refractivity contribution in [3.63, 3.8) is 0 Å². The maximum atomic E-state index is 6.08. The van der Waals surface area contributed by atoms with E-state index in [1.165, 1.54) is 27.9 Å². The van der Waals surface area contributed by atoms with Gasteiger partial charge in [0.1, 0.15) is 0 Å². The van der Waals surface area contributed by atoms with Crippen molar-refractivity contribution in [1.29, 1.82) is 0 Å². The number of halogens is 1. The first-order valence-corrected chi connectivity index (χ1v) is 9.14. The van der Waals surface area contributed by atoms with Gasteiger partial charge in [0.2, 0.25) is 0 Å². The van der Waals surface area contributed by atoms with Crippen molar-refractivity contribution in [3.8, 4) is 11.3 Å². The smallest absolute Gasteiger partial charge is 0.0634 e. The molecule has 2 aromatic heterocycles. The molecular formula is C23H19ClN2. The fraction of sp³-hybridized carbons (Fsp3) is 0.130. The van der Waals surface area contributed by atoms with Gasteiger partial charge in [-0.05, 0) is 54.3 Å². The third-order valence-electron chi connectivity index (χ3n) is 5.71. The topological polar surface area (TPSA) is 9.86 Å². The lowest BCUT2D eigenvalue weighted by atomic mass is 10.00. The summed E-state index contributed by atoms with van der Waals surface area (Å²) in [5, 5.41) is 2.09. The zero-order valence-electron chi connectivity index (χ0n) is 14.7. The lowest BCUT2D eigenvalue weighted by molar-refractivity contribution is 0.676. The second kappa shape index (κ2) is 5.52. The molecule has 1 aliphatic rings. The van der Waals surface area contributed by atoms with Gasteiger partial charge in [-0.25, -0.2) is 0 Å². The van der Waals surface area contributed by atoms with Crippen LogP contribution in [-0.4, -0.2) is 9.13 Å². The third-order valence-corrected chi connectivity index (χ3v) is 5.96. The van der Waals surface area contributed by atoms with E-state index in [1.807, 2.05) is 12.1 Å². The molecule has 3 heterocycles. The Balaban J connectivity index is 1.74. The van der Waals surface area contributed by atoms with E-state index in [-0.39, 0.29) is 0 Å². The Bertz CT molecular complexity index is 1160. The molecule has 2 nitrogen and oxygen atoms in total. The summed E-state index contributed by atoms with van der Waals surface area (Å²) in [6.07, 6.45) is 0.894. The number of fused-ring (bicyclic) bond motifs is 4. The minimum atomic E-state index is 0.746. The van der Waals surface area contributed by atoms with E-state index in [1.54, 1.807) is 0 Å². The van der Waals surface area contributed by atoms with E-state index in [9.17, 15) is 0 Å². The molecule has 0 aliphatic carbocycles. The number of hydrogen-bond donors (Lipinski definition) is 0. The van der Waals surface area contributed by atoms with Gasteiger partial charge >= 0.3 is 0 Å². The molecule has 1 aliphatic heterocycles. The Labute approximate surface area is 158 Å². The predicted octanol–water partition coefficient (Wildman–Crippen LogP) is 5.62. The normalized spacial score (nSPS) is 13.1. The number of hydrogen-bond acceptors (Lipinski definition) is 0. The van der Waals surface area contributed by atoms with Gasteiger partial charge in [-0.1, -0.05) is 41.9 Å².